The first-order valence-electron chi connectivity index (χ1n) is 25.8. The van der Waals surface area contributed by atoms with Crippen molar-refractivity contribution in [2.24, 2.45) is 0 Å². The van der Waals surface area contributed by atoms with Crippen LogP contribution >= 0.6 is 23.5 Å². The number of hydrogen-bond donors (Lipinski definition) is 8. The normalized spacial score (nSPS) is 24.9. The average Bonchev–Trinajstić information content (AvgIpc) is 3.68. The van der Waals surface area contributed by atoms with E-state index in [9.17, 15) is 33.5 Å². The van der Waals surface area contributed by atoms with Crippen LogP contribution in [0, 0.1) is 5.41 Å². The predicted molar refractivity (Wildman–Crippen MR) is 287 cm³/mol. The van der Waals surface area contributed by atoms with Crippen LogP contribution in [0.2, 0.25) is 0 Å². The molecule has 3 aliphatic heterocycles. The van der Waals surface area contributed by atoms with Crippen LogP contribution in [0.3, 0.4) is 0 Å². The molecule has 0 amide bonds. The van der Waals surface area contributed by atoms with Crippen molar-refractivity contribution < 1.29 is 79.6 Å². The zero-order valence-electron chi connectivity index (χ0n) is 44.1. The Hall–Kier alpha value is -7.25. The Bertz CT molecular complexity index is 4100. The van der Waals surface area contributed by atoms with E-state index >= 15 is 0 Å². The van der Waals surface area contributed by atoms with Gasteiger partial charge in [0, 0.05) is 19.3 Å². The van der Waals surface area contributed by atoms with Crippen molar-refractivity contribution >= 4 is 85.6 Å². The molecule has 11 N–H and O–H groups in total. The van der Waals surface area contributed by atoms with E-state index in [2.05, 4.69) is 54.8 Å². The number of nitrogens with one attached hydrogen (secondary N) is 1. The topological polar surface area (TPSA) is 493 Å². The number of ether oxygens (including phenoxy) is 4. The molecule has 1 aromatic carbocycles. The van der Waals surface area contributed by atoms with E-state index in [1.54, 1.807) is 9.13 Å². The Balaban J connectivity index is 0.707. The number of imidazole rings is 4. The number of phosphoric acid groups is 3. The zero-order chi connectivity index (χ0) is 59.2. The second-order valence-electron chi connectivity index (χ2n) is 19.5. The molecule has 0 saturated carbocycles. The molecule has 40 heteroatoms. The number of aliphatic hydroxyl groups excluding tert-OH is 1. The van der Waals surface area contributed by atoms with Crippen molar-refractivity contribution in [1.82, 2.24) is 77.7 Å². The Morgan fingerprint density at radius 1 is 0.529 bits per heavy atom. The molecule has 0 bridgehead atoms. The molecule has 3 aliphatic rings. The van der Waals surface area contributed by atoms with Crippen molar-refractivity contribution in [2.45, 2.75) is 87.8 Å². The fourth-order valence-electron chi connectivity index (χ4n) is 9.99. The van der Waals surface area contributed by atoms with E-state index in [4.69, 9.17) is 68.7 Å². The van der Waals surface area contributed by atoms with Crippen molar-refractivity contribution in [3.8, 4) is 0 Å². The van der Waals surface area contributed by atoms with Gasteiger partial charge in [0.05, 0.1) is 89.5 Å². The summed E-state index contributed by atoms with van der Waals surface area (Å²) in [5, 5.41) is 19.0. The van der Waals surface area contributed by atoms with Crippen molar-refractivity contribution in [3.63, 3.8) is 0 Å². The molecule has 0 aliphatic carbocycles. The monoisotopic (exact) mass is 1240 g/mol. The third-order valence-electron chi connectivity index (χ3n) is 13.8. The Labute approximate surface area is 476 Å². The number of nitrogens with two attached hydrogens (primary N) is 3. The molecule has 12 atom stereocenters. The van der Waals surface area contributed by atoms with E-state index in [1.807, 2.05) is 30.3 Å². The number of fused-ring (bicyclic) bond motifs is 4. The van der Waals surface area contributed by atoms with E-state index in [0.29, 0.717) is 17.7 Å². The highest BCUT2D eigenvalue weighted by Crippen LogP contribution is 2.54. The zero-order valence-corrected chi connectivity index (χ0v) is 46.8. The molecule has 3 unspecified atom stereocenters. The van der Waals surface area contributed by atoms with E-state index in [-0.39, 0.29) is 89.0 Å². The molecular formula is C45H53N20O17P3. The van der Waals surface area contributed by atoms with Gasteiger partial charge in [-0.15, -0.1) is 0 Å². The molecule has 450 valence electrons. The maximum absolute atomic E-state index is 14.0. The van der Waals surface area contributed by atoms with Crippen LogP contribution < -0.4 is 22.7 Å². The van der Waals surface area contributed by atoms with Crippen LogP contribution in [0.15, 0.2) is 81.0 Å². The molecule has 12 rings (SSSR count). The standard InChI is InChI=1S/C45H53N20O17P3/c46-35-31-39(53-15-50-35)62(18-56-31)23-73-6-7-74-83(67,68)80-29-9-26(78-44(29)63-20-57-32-36(47)51-16-54-40(32)63)13-76-85(71,72)82-30-10-27(79-45(30)64-21-58-33-37(48)52-17-55-41(33)64)14-75-84(69,70)81-28-8-25(12-66)77-43(28)65-22-59-34-38(49)61(19-60-42(34)65)11-24-4-2-1-3-5-24/h1-5,15-22,25-30,43-45,49,66H,6-14,23H2,(H,67,68)(H,69,70)(H,71,72)(H2,46,50,53)(H2,47,51,54)(H2,48,52,55)/t25-,26-,27-,28+,29+,30+,43+,44+,45+/m0/s1. The van der Waals surface area contributed by atoms with Gasteiger partial charge >= 0.3 is 23.5 Å². The highest BCUT2D eigenvalue weighted by molar-refractivity contribution is 7.48. The molecule has 0 radical (unpaired) electrons. The van der Waals surface area contributed by atoms with Gasteiger partial charge in [0.1, 0.15) is 66.1 Å². The number of aromatic nitrogens is 16. The molecular weight excluding hydrogens is 1190 g/mol. The summed E-state index contributed by atoms with van der Waals surface area (Å²) in [6.45, 7) is -2.10. The van der Waals surface area contributed by atoms with Gasteiger partial charge in [-0.3, -0.25) is 50.8 Å². The van der Waals surface area contributed by atoms with Crippen LogP contribution in [0.5, 0.6) is 0 Å². The van der Waals surface area contributed by atoms with Gasteiger partial charge in [-0.25, -0.2) is 68.5 Å². The van der Waals surface area contributed by atoms with Gasteiger partial charge in [0.15, 0.2) is 64.2 Å². The van der Waals surface area contributed by atoms with E-state index in [1.165, 1.54) is 58.0 Å². The number of nitrogens with zero attached hydrogens (tertiary/aromatic N) is 16. The van der Waals surface area contributed by atoms with Crippen LogP contribution in [-0.4, -0.2) is 167 Å². The molecule has 3 saturated heterocycles. The van der Waals surface area contributed by atoms with Crippen molar-refractivity contribution in [1.29, 1.82) is 5.41 Å². The lowest BCUT2D eigenvalue weighted by atomic mass is 10.2. The number of benzene rings is 1. The quantitative estimate of drug-likeness (QED) is 0.0313. The van der Waals surface area contributed by atoms with E-state index in [0.717, 1.165) is 11.9 Å². The number of nitrogen functional groups attached to an aromatic ring is 3. The minimum absolute atomic E-state index is 0.00537. The highest BCUT2D eigenvalue weighted by Gasteiger charge is 2.48. The van der Waals surface area contributed by atoms with Gasteiger partial charge in [0.2, 0.25) is 0 Å². The average molecular weight is 1240 g/mol. The van der Waals surface area contributed by atoms with Crippen LogP contribution in [0.25, 0.3) is 44.7 Å². The maximum atomic E-state index is 14.0. The smallest absolute Gasteiger partial charge is 0.394 e. The van der Waals surface area contributed by atoms with Gasteiger partial charge in [-0.2, -0.15) is 0 Å². The summed E-state index contributed by atoms with van der Waals surface area (Å²) in [6, 6.07) is 9.46. The van der Waals surface area contributed by atoms with E-state index < -0.39 is 105 Å². The Morgan fingerprint density at radius 3 is 1.49 bits per heavy atom. The first-order valence-corrected chi connectivity index (χ1v) is 30.3. The fourth-order valence-corrected chi connectivity index (χ4v) is 12.8. The lowest BCUT2D eigenvalue weighted by molar-refractivity contribution is -0.0626. The van der Waals surface area contributed by atoms with Crippen molar-refractivity contribution in [3.05, 3.63) is 92.0 Å². The summed E-state index contributed by atoms with van der Waals surface area (Å²) in [7, 11) is -15.1. The summed E-state index contributed by atoms with van der Waals surface area (Å²) < 4.78 is 106. The first-order chi connectivity index (χ1) is 40.9. The van der Waals surface area contributed by atoms with Crippen LogP contribution in [0.4, 0.5) is 17.5 Å². The van der Waals surface area contributed by atoms with Gasteiger partial charge in [0.25, 0.3) is 0 Å². The molecule has 11 heterocycles. The Kier molecular flexibility index (Phi) is 16.3. The first kappa shape index (κ1) is 58.1. The van der Waals surface area contributed by atoms with Crippen LogP contribution in [0.1, 0.15) is 43.5 Å². The lowest BCUT2D eigenvalue weighted by Crippen LogP contribution is -2.25. The number of phosphoric ester groups is 3. The van der Waals surface area contributed by atoms with Crippen LogP contribution in [-0.2, 0) is 73.1 Å². The molecule has 85 heavy (non-hydrogen) atoms. The highest BCUT2D eigenvalue weighted by atomic mass is 31.2. The fraction of sp³-hybridized carbons (Fsp3) is 0.422. The minimum Gasteiger partial charge on any atom is -0.394 e. The molecule has 9 aromatic rings. The number of hydrogen-bond acceptors (Lipinski definition) is 29. The Morgan fingerprint density at radius 2 is 0.965 bits per heavy atom. The summed E-state index contributed by atoms with van der Waals surface area (Å²) in [5.41, 5.74) is 20.8. The molecule has 8 aromatic heterocycles. The SMILES string of the molecule is N=c1c2ncn([C@@H]3O[C@H](CO)C[C@H]3OP(=O)(O)OC[C@@H]3C[C@@H](OP(=O)(O)OC[C@@H]4C[C@@H](OP(=O)(O)OCCOCn5cnc6c(N)ncnc65)[C@H](n5cnc6c(N)ncnc65)O4)[C@H](n4cnc5c(N)ncnc54)O3)c2ncn1Cc1ccccc1. The molecule has 3 fully saturated rings. The second-order valence-corrected chi connectivity index (χ2v) is 23.7. The lowest BCUT2D eigenvalue weighted by Gasteiger charge is -2.23. The summed E-state index contributed by atoms with van der Waals surface area (Å²) >= 11 is 0. The summed E-state index contributed by atoms with van der Waals surface area (Å²) in [4.78, 5) is 79.7. The number of aliphatic hydroxyl groups is 1. The van der Waals surface area contributed by atoms with Gasteiger partial charge in [-0.1, -0.05) is 30.3 Å². The van der Waals surface area contributed by atoms with Crippen molar-refractivity contribution in [2.75, 3.05) is 50.2 Å². The molecule has 37 nitrogen and oxygen atoms in total. The largest absolute Gasteiger partial charge is 0.472 e. The maximum Gasteiger partial charge on any atom is 0.472 e. The number of anilines is 3. The van der Waals surface area contributed by atoms with Gasteiger partial charge in [-0.05, 0) is 5.56 Å². The summed E-state index contributed by atoms with van der Waals surface area (Å²) in [6.07, 6.45) is -0.961. The third kappa shape index (κ3) is 12.4. The summed E-state index contributed by atoms with van der Waals surface area (Å²) in [5.74, 6) is 0.205. The molecule has 0 spiro atoms. The van der Waals surface area contributed by atoms with Gasteiger partial charge < -0.3 is 60.5 Å². The number of rotatable bonds is 24. The third-order valence-corrected chi connectivity index (χ3v) is 16.9. The second kappa shape index (κ2) is 23.9. The predicted octanol–water partition coefficient (Wildman–Crippen LogP) is 1.36. The minimum atomic E-state index is -5.16.